The molecule has 7 heteroatoms. The van der Waals surface area contributed by atoms with Crippen molar-refractivity contribution < 1.29 is 9.47 Å². The van der Waals surface area contributed by atoms with Gasteiger partial charge in [0.25, 0.3) is 0 Å². The van der Waals surface area contributed by atoms with Gasteiger partial charge < -0.3 is 25.4 Å². The van der Waals surface area contributed by atoms with Crippen molar-refractivity contribution in [2.24, 2.45) is 10.7 Å². The topological polar surface area (TPSA) is 72.1 Å². The number of ether oxygens (including phenoxy) is 2. The summed E-state index contributed by atoms with van der Waals surface area (Å²) < 4.78 is 10.5. The normalized spacial score (nSPS) is 10.7. The summed E-state index contributed by atoms with van der Waals surface area (Å²) in [5.41, 5.74) is 7.90. The summed E-state index contributed by atoms with van der Waals surface area (Å²) in [6.07, 6.45) is 0.906. The Hall–Kier alpha value is -2.16. The highest BCUT2D eigenvalue weighted by atomic mass is 127. The maximum absolute atomic E-state index is 5.98. The van der Waals surface area contributed by atoms with E-state index in [1.54, 1.807) is 14.2 Å². The van der Waals surface area contributed by atoms with Crippen LogP contribution < -0.4 is 25.4 Å². The molecule has 3 N–H and O–H groups in total. The van der Waals surface area contributed by atoms with Crippen LogP contribution >= 0.6 is 24.0 Å². The van der Waals surface area contributed by atoms with Gasteiger partial charge in [-0.3, -0.25) is 4.99 Å². The lowest BCUT2D eigenvalue weighted by Gasteiger charge is -2.18. The molecule has 2 aromatic carbocycles. The van der Waals surface area contributed by atoms with E-state index in [1.165, 1.54) is 5.69 Å². The third-order valence-corrected chi connectivity index (χ3v) is 3.80. The van der Waals surface area contributed by atoms with Crippen LogP contribution in [0.3, 0.4) is 0 Å². The molecule has 0 spiro atoms. The molecule has 0 aliphatic carbocycles. The standard InChI is InChI=1S/C19H26N4O2.HI/c1-23(15-8-5-4-6-9-15)13-7-12-21-19(20)22-17-14-16(24-2)10-11-18(17)25-3;/h4-6,8-11,14H,7,12-13H2,1-3H3,(H3,20,21,22);1H. The van der Waals surface area contributed by atoms with Gasteiger partial charge in [-0.2, -0.15) is 0 Å². The first kappa shape index (κ1) is 21.9. The van der Waals surface area contributed by atoms with E-state index in [2.05, 4.69) is 34.4 Å². The Kier molecular flexibility index (Phi) is 9.64. The molecular formula is C19H27IN4O2. The Morgan fingerprint density at radius 2 is 1.85 bits per heavy atom. The van der Waals surface area contributed by atoms with Crippen molar-refractivity contribution in [3.8, 4) is 11.5 Å². The van der Waals surface area contributed by atoms with Crippen molar-refractivity contribution >= 4 is 41.3 Å². The molecule has 0 heterocycles. The molecule has 0 aliphatic rings. The molecule has 0 unspecified atom stereocenters. The van der Waals surface area contributed by atoms with E-state index in [1.807, 2.05) is 36.4 Å². The molecule has 142 valence electrons. The van der Waals surface area contributed by atoms with E-state index in [4.69, 9.17) is 15.2 Å². The minimum atomic E-state index is 0. The summed E-state index contributed by atoms with van der Waals surface area (Å²) in [5.74, 6) is 1.76. The number of nitrogens with one attached hydrogen (secondary N) is 1. The highest BCUT2D eigenvalue weighted by Crippen LogP contribution is 2.28. The third kappa shape index (κ3) is 6.62. The van der Waals surface area contributed by atoms with Gasteiger partial charge in [0.2, 0.25) is 0 Å². The summed E-state index contributed by atoms with van der Waals surface area (Å²) in [5, 5.41) is 3.07. The van der Waals surface area contributed by atoms with E-state index >= 15 is 0 Å². The Morgan fingerprint density at radius 3 is 2.50 bits per heavy atom. The van der Waals surface area contributed by atoms with E-state index < -0.39 is 0 Å². The molecule has 0 atom stereocenters. The van der Waals surface area contributed by atoms with Gasteiger partial charge in [0, 0.05) is 31.9 Å². The summed E-state index contributed by atoms with van der Waals surface area (Å²) in [6, 6.07) is 15.7. The lowest BCUT2D eigenvalue weighted by atomic mass is 10.2. The zero-order valence-corrected chi connectivity index (χ0v) is 17.8. The van der Waals surface area contributed by atoms with Crippen molar-refractivity contribution in [2.45, 2.75) is 6.42 Å². The van der Waals surface area contributed by atoms with E-state index in [0.717, 1.165) is 24.4 Å². The van der Waals surface area contributed by atoms with Crippen LogP contribution in [0.1, 0.15) is 6.42 Å². The number of rotatable bonds is 8. The van der Waals surface area contributed by atoms with Gasteiger partial charge in [-0.1, -0.05) is 18.2 Å². The van der Waals surface area contributed by atoms with Crippen molar-refractivity contribution in [3.05, 3.63) is 48.5 Å². The number of benzene rings is 2. The van der Waals surface area contributed by atoms with Crippen molar-refractivity contribution in [3.63, 3.8) is 0 Å². The molecule has 0 radical (unpaired) electrons. The van der Waals surface area contributed by atoms with E-state index in [9.17, 15) is 0 Å². The lowest BCUT2D eigenvalue weighted by molar-refractivity contribution is 0.405. The summed E-state index contributed by atoms with van der Waals surface area (Å²) >= 11 is 0. The predicted octanol–water partition coefficient (Wildman–Crippen LogP) is 3.57. The number of halogens is 1. The zero-order valence-electron chi connectivity index (χ0n) is 15.4. The number of para-hydroxylation sites is 1. The third-order valence-electron chi connectivity index (χ3n) is 3.80. The summed E-state index contributed by atoms with van der Waals surface area (Å²) in [7, 11) is 5.30. The molecule has 0 fully saturated rings. The van der Waals surface area contributed by atoms with Crippen LogP contribution in [0.4, 0.5) is 11.4 Å². The van der Waals surface area contributed by atoms with Crippen LogP contribution in [0.15, 0.2) is 53.5 Å². The molecule has 0 bridgehead atoms. The molecule has 6 nitrogen and oxygen atoms in total. The second-order valence-corrected chi connectivity index (χ2v) is 5.57. The largest absolute Gasteiger partial charge is 0.497 e. The van der Waals surface area contributed by atoms with Crippen LogP contribution in [0, 0.1) is 0 Å². The Bertz CT molecular complexity index is 695. The van der Waals surface area contributed by atoms with Crippen LogP contribution in [-0.4, -0.2) is 40.3 Å². The van der Waals surface area contributed by atoms with Crippen LogP contribution in [0.25, 0.3) is 0 Å². The first-order chi connectivity index (χ1) is 12.1. The highest BCUT2D eigenvalue weighted by molar-refractivity contribution is 14.0. The minimum Gasteiger partial charge on any atom is -0.497 e. The summed E-state index contributed by atoms with van der Waals surface area (Å²) in [4.78, 5) is 6.57. The number of guanidine groups is 1. The van der Waals surface area contributed by atoms with Gasteiger partial charge in [0.15, 0.2) is 5.96 Å². The smallest absolute Gasteiger partial charge is 0.193 e. The Labute approximate surface area is 172 Å². The number of nitrogens with two attached hydrogens (primary N) is 1. The molecule has 0 aromatic heterocycles. The molecule has 0 saturated carbocycles. The SMILES string of the molecule is COc1ccc(OC)c(NC(N)=NCCCN(C)c2ccccc2)c1.I. The number of nitrogens with zero attached hydrogens (tertiary/aromatic N) is 2. The van der Waals surface area contributed by atoms with Gasteiger partial charge in [0.1, 0.15) is 11.5 Å². The molecule has 2 aromatic rings. The maximum atomic E-state index is 5.98. The van der Waals surface area contributed by atoms with Gasteiger partial charge in [-0.15, -0.1) is 24.0 Å². The molecule has 2 rings (SSSR count). The second-order valence-electron chi connectivity index (χ2n) is 5.57. The number of aliphatic imine (C=N–C) groups is 1. The van der Waals surface area contributed by atoms with Crippen LogP contribution in [0.2, 0.25) is 0 Å². The molecule has 26 heavy (non-hydrogen) atoms. The number of hydrogen-bond acceptors (Lipinski definition) is 4. The van der Waals surface area contributed by atoms with E-state index in [0.29, 0.717) is 18.3 Å². The highest BCUT2D eigenvalue weighted by Gasteiger charge is 2.06. The monoisotopic (exact) mass is 470 g/mol. The number of methoxy groups -OCH3 is 2. The van der Waals surface area contributed by atoms with Crippen molar-refractivity contribution in [2.75, 3.05) is 44.6 Å². The van der Waals surface area contributed by atoms with Crippen molar-refractivity contribution in [1.82, 2.24) is 0 Å². The molecule has 0 saturated heterocycles. The van der Waals surface area contributed by atoms with Gasteiger partial charge >= 0.3 is 0 Å². The average molecular weight is 470 g/mol. The lowest BCUT2D eigenvalue weighted by Crippen LogP contribution is -2.24. The Morgan fingerprint density at radius 1 is 1.12 bits per heavy atom. The molecule has 0 aliphatic heterocycles. The fourth-order valence-electron chi connectivity index (χ4n) is 2.41. The minimum absolute atomic E-state index is 0. The van der Waals surface area contributed by atoms with Gasteiger partial charge in [-0.05, 0) is 30.7 Å². The Balaban J connectivity index is 0.00000338. The second kappa shape index (κ2) is 11.5. The fraction of sp³-hybridized carbons (Fsp3) is 0.316. The summed E-state index contributed by atoms with van der Waals surface area (Å²) in [6.45, 7) is 1.55. The van der Waals surface area contributed by atoms with Crippen LogP contribution in [-0.2, 0) is 0 Å². The van der Waals surface area contributed by atoms with Gasteiger partial charge in [0.05, 0.1) is 19.9 Å². The maximum Gasteiger partial charge on any atom is 0.193 e. The fourth-order valence-corrected chi connectivity index (χ4v) is 2.41. The first-order valence-electron chi connectivity index (χ1n) is 8.19. The quantitative estimate of drug-likeness (QED) is 0.267. The van der Waals surface area contributed by atoms with Gasteiger partial charge in [-0.25, -0.2) is 0 Å². The molecule has 0 amide bonds. The molecular weight excluding hydrogens is 443 g/mol. The van der Waals surface area contributed by atoms with Crippen LogP contribution in [0.5, 0.6) is 11.5 Å². The zero-order chi connectivity index (χ0) is 18.1. The van der Waals surface area contributed by atoms with Crippen molar-refractivity contribution in [1.29, 1.82) is 0 Å². The first-order valence-corrected chi connectivity index (χ1v) is 8.19. The number of hydrogen-bond donors (Lipinski definition) is 2. The number of anilines is 2. The predicted molar refractivity (Wildman–Crippen MR) is 119 cm³/mol. The average Bonchev–Trinajstić information content (AvgIpc) is 2.65. The van der Waals surface area contributed by atoms with E-state index in [-0.39, 0.29) is 24.0 Å².